The first-order valence-corrected chi connectivity index (χ1v) is 6.11. The average Bonchev–Trinajstić information content (AvgIpc) is 2.13. The number of alkyl halides is 1. The highest BCUT2D eigenvalue weighted by Crippen LogP contribution is 2.04. The van der Waals surface area contributed by atoms with Crippen LogP contribution in [0.1, 0.15) is 19.8 Å². The Morgan fingerprint density at radius 3 is 2.77 bits per heavy atom. The van der Waals surface area contributed by atoms with Crippen LogP contribution < -0.4 is 0 Å². The second-order valence-electron chi connectivity index (χ2n) is 3.07. The molecule has 1 atom stereocenters. The highest BCUT2D eigenvalue weighted by Gasteiger charge is 1.98. The van der Waals surface area contributed by atoms with E-state index in [9.17, 15) is 0 Å². The molecule has 0 aliphatic heterocycles. The predicted octanol–water partition coefficient (Wildman–Crippen LogP) is 3.01. The molecule has 13 heavy (non-hydrogen) atoms. The van der Waals surface area contributed by atoms with Crippen molar-refractivity contribution in [1.29, 1.82) is 0 Å². The lowest BCUT2D eigenvalue weighted by atomic mass is 10.1. The van der Waals surface area contributed by atoms with E-state index in [0.29, 0.717) is 12.7 Å². The minimum atomic E-state index is 0.405. The van der Waals surface area contributed by atoms with Crippen LogP contribution in [0.3, 0.4) is 0 Å². The quantitative estimate of drug-likeness (QED) is 0.225. The van der Waals surface area contributed by atoms with Gasteiger partial charge in [0.25, 0.3) is 0 Å². The van der Waals surface area contributed by atoms with Crippen LogP contribution in [-0.2, 0) is 9.47 Å². The van der Waals surface area contributed by atoms with Crippen LogP contribution in [0.2, 0.25) is 0 Å². The number of rotatable bonds is 8. The lowest BCUT2D eigenvalue weighted by molar-refractivity contribution is -0.0411. The number of allylic oxidation sites excluding steroid dienone is 2. The largest absolute Gasteiger partial charge is 0.359 e. The summed E-state index contributed by atoms with van der Waals surface area (Å²) in [7, 11) is 1.64. The Bertz CT molecular complexity index is 126. The summed E-state index contributed by atoms with van der Waals surface area (Å²) in [6.45, 7) is 3.37. The molecule has 0 fully saturated rings. The number of ether oxygens (including phenoxy) is 2. The van der Waals surface area contributed by atoms with Crippen LogP contribution >= 0.6 is 22.6 Å². The summed E-state index contributed by atoms with van der Waals surface area (Å²) in [6.07, 6.45) is 6.74. The van der Waals surface area contributed by atoms with E-state index < -0.39 is 0 Å². The Labute approximate surface area is 94.8 Å². The first kappa shape index (κ1) is 13.4. The summed E-state index contributed by atoms with van der Waals surface area (Å²) in [5.41, 5.74) is 0. The molecule has 0 rings (SSSR count). The maximum Gasteiger partial charge on any atom is 0.146 e. The third-order valence-electron chi connectivity index (χ3n) is 1.58. The van der Waals surface area contributed by atoms with E-state index in [0.717, 1.165) is 13.0 Å². The van der Waals surface area contributed by atoms with Crippen molar-refractivity contribution in [1.82, 2.24) is 0 Å². The van der Waals surface area contributed by atoms with Gasteiger partial charge in [0.2, 0.25) is 0 Å². The maximum atomic E-state index is 5.24. The van der Waals surface area contributed by atoms with Gasteiger partial charge in [-0.15, -0.1) is 0 Å². The Balaban J connectivity index is 3.23. The first-order valence-electron chi connectivity index (χ1n) is 4.59. The molecule has 0 saturated carbocycles. The molecule has 0 radical (unpaired) electrons. The van der Waals surface area contributed by atoms with E-state index in [-0.39, 0.29) is 0 Å². The van der Waals surface area contributed by atoms with Crippen LogP contribution in [0.15, 0.2) is 12.2 Å². The fourth-order valence-corrected chi connectivity index (χ4v) is 1.27. The number of halogens is 1. The minimum absolute atomic E-state index is 0.405. The maximum absolute atomic E-state index is 5.24. The zero-order valence-corrected chi connectivity index (χ0v) is 10.6. The van der Waals surface area contributed by atoms with Crippen LogP contribution in [0.25, 0.3) is 0 Å². The molecule has 78 valence electrons. The molecule has 0 unspecified atom stereocenters. The van der Waals surface area contributed by atoms with E-state index in [1.165, 1.54) is 10.8 Å². The molecule has 0 N–H and O–H groups in total. The highest BCUT2D eigenvalue weighted by atomic mass is 127. The van der Waals surface area contributed by atoms with Crippen molar-refractivity contribution >= 4 is 22.6 Å². The lowest BCUT2D eigenvalue weighted by Crippen LogP contribution is -2.06. The molecule has 0 amide bonds. The Hall–Kier alpha value is 0.390. The molecule has 3 heteroatoms. The van der Waals surface area contributed by atoms with Crippen molar-refractivity contribution in [3.8, 4) is 0 Å². The first-order chi connectivity index (χ1) is 6.31. The van der Waals surface area contributed by atoms with Crippen LogP contribution in [0.5, 0.6) is 0 Å². The number of methoxy groups -OCH3 is 1. The average molecular weight is 298 g/mol. The van der Waals surface area contributed by atoms with Gasteiger partial charge in [-0.2, -0.15) is 0 Å². The van der Waals surface area contributed by atoms with Gasteiger partial charge in [0, 0.05) is 11.5 Å². The van der Waals surface area contributed by atoms with Crippen molar-refractivity contribution in [2.75, 3.05) is 24.9 Å². The zero-order valence-electron chi connectivity index (χ0n) is 8.46. The number of hydrogen-bond donors (Lipinski definition) is 0. The molecule has 0 spiro atoms. The van der Waals surface area contributed by atoms with E-state index in [2.05, 4.69) is 41.7 Å². The summed E-state index contributed by atoms with van der Waals surface area (Å²) >= 11 is 2.38. The molecule has 0 aromatic rings. The van der Waals surface area contributed by atoms with Gasteiger partial charge in [-0.05, 0) is 18.8 Å². The predicted molar refractivity (Wildman–Crippen MR) is 64.3 cm³/mol. The standard InChI is InChI=1S/C10H19IO2/c1-10(8-13-9-12-2)6-4-3-5-7-11/h3-4,10H,5-9H2,1-2H3/b4-3-/t10-/m0/s1. The highest BCUT2D eigenvalue weighted by molar-refractivity contribution is 14.1. The van der Waals surface area contributed by atoms with Gasteiger partial charge in [-0.3, -0.25) is 0 Å². The molecule has 0 aliphatic rings. The van der Waals surface area contributed by atoms with Crippen molar-refractivity contribution in [2.24, 2.45) is 5.92 Å². The minimum Gasteiger partial charge on any atom is -0.359 e. The van der Waals surface area contributed by atoms with Gasteiger partial charge in [0.05, 0.1) is 6.61 Å². The Morgan fingerprint density at radius 1 is 1.38 bits per heavy atom. The van der Waals surface area contributed by atoms with Crippen molar-refractivity contribution < 1.29 is 9.47 Å². The lowest BCUT2D eigenvalue weighted by Gasteiger charge is -2.08. The van der Waals surface area contributed by atoms with Gasteiger partial charge >= 0.3 is 0 Å². The van der Waals surface area contributed by atoms with Gasteiger partial charge in [-0.1, -0.05) is 41.7 Å². The van der Waals surface area contributed by atoms with Gasteiger partial charge < -0.3 is 9.47 Å². The third-order valence-corrected chi connectivity index (χ3v) is 2.21. The van der Waals surface area contributed by atoms with E-state index in [1.807, 2.05) is 0 Å². The Kier molecular flexibility index (Phi) is 10.8. The molecule has 0 bridgehead atoms. The molecular weight excluding hydrogens is 279 g/mol. The summed E-state index contributed by atoms with van der Waals surface area (Å²) in [5.74, 6) is 0.584. The van der Waals surface area contributed by atoms with Crippen LogP contribution in [0.4, 0.5) is 0 Å². The second kappa shape index (κ2) is 10.5. The Morgan fingerprint density at radius 2 is 2.15 bits per heavy atom. The molecule has 0 aromatic heterocycles. The zero-order chi connectivity index (χ0) is 9.94. The second-order valence-corrected chi connectivity index (χ2v) is 4.15. The van der Waals surface area contributed by atoms with E-state index in [1.54, 1.807) is 7.11 Å². The fourth-order valence-electron chi connectivity index (χ4n) is 0.910. The number of hydrogen-bond acceptors (Lipinski definition) is 2. The monoisotopic (exact) mass is 298 g/mol. The summed E-state index contributed by atoms with van der Waals surface area (Å²) in [6, 6.07) is 0. The molecule has 0 aromatic carbocycles. The smallest absolute Gasteiger partial charge is 0.146 e. The van der Waals surface area contributed by atoms with Crippen LogP contribution in [0, 0.1) is 5.92 Å². The van der Waals surface area contributed by atoms with Gasteiger partial charge in [0.15, 0.2) is 0 Å². The van der Waals surface area contributed by atoms with E-state index in [4.69, 9.17) is 9.47 Å². The van der Waals surface area contributed by atoms with E-state index >= 15 is 0 Å². The van der Waals surface area contributed by atoms with Crippen molar-refractivity contribution in [3.05, 3.63) is 12.2 Å². The molecule has 0 saturated heterocycles. The summed E-state index contributed by atoms with van der Waals surface area (Å²) in [4.78, 5) is 0. The molecule has 0 heterocycles. The van der Waals surface area contributed by atoms with Gasteiger partial charge in [0.1, 0.15) is 6.79 Å². The molecule has 0 aliphatic carbocycles. The fraction of sp³-hybridized carbons (Fsp3) is 0.800. The van der Waals surface area contributed by atoms with Crippen molar-refractivity contribution in [3.63, 3.8) is 0 Å². The van der Waals surface area contributed by atoms with Gasteiger partial charge in [-0.25, -0.2) is 0 Å². The summed E-state index contributed by atoms with van der Waals surface area (Å²) in [5, 5.41) is 0. The molecule has 2 nitrogen and oxygen atoms in total. The SMILES string of the molecule is COCOC[C@@H](C)C/C=C\CCI. The summed E-state index contributed by atoms with van der Waals surface area (Å²) < 4.78 is 11.2. The molecular formula is C10H19IO2. The van der Waals surface area contributed by atoms with Crippen LogP contribution in [-0.4, -0.2) is 24.9 Å². The normalized spacial score (nSPS) is 13.8. The topological polar surface area (TPSA) is 18.5 Å². The third kappa shape index (κ3) is 10.3. The van der Waals surface area contributed by atoms with Crippen molar-refractivity contribution in [2.45, 2.75) is 19.8 Å².